The molecule has 0 spiro atoms. The number of ether oxygens (including phenoxy) is 1. The number of nitriles is 1. The number of para-hydroxylation sites is 1. The third-order valence-corrected chi connectivity index (χ3v) is 5.79. The van der Waals surface area contributed by atoms with Gasteiger partial charge < -0.3 is 15.0 Å². The Morgan fingerprint density at radius 2 is 2.03 bits per heavy atom. The molecule has 1 aromatic rings. The van der Waals surface area contributed by atoms with Crippen molar-refractivity contribution >= 4 is 17.6 Å². The molecule has 1 saturated carbocycles. The second-order valence-corrected chi connectivity index (χ2v) is 9.26. The molecule has 2 aliphatic rings. The molecule has 29 heavy (non-hydrogen) atoms. The van der Waals surface area contributed by atoms with Crippen molar-refractivity contribution in [1.82, 2.24) is 4.90 Å². The average Bonchev–Trinajstić information content (AvgIpc) is 2.88. The first-order chi connectivity index (χ1) is 13.7. The maximum Gasteiger partial charge on any atom is 0.340 e. The Labute approximate surface area is 172 Å². The van der Waals surface area contributed by atoms with Crippen LogP contribution in [0.1, 0.15) is 57.3 Å². The van der Waals surface area contributed by atoms with Crippen molar-refractivity contribution < 1.29 is 14.3 Å². The zero-order valence-corrected chi connectivity index (χ0v) is 17.6. The maximum atomic E-state index is 12.8. The van der Waals surface area contributed by atoms with Gasteiger partial charge in [-0.05, 0) is 49.1 Å². The van der Waals surface area contributed by atoms with Crippen LogP contribution in [-0.2, 0) is 9.53 Å². The molecule has 154 valence electrons. The predicted molar refractivity (Wildman–Crippen MR) is 111 cm³/mol. The Hall–Kier alpha value is -2.81. The maximum absolute atomic E-state index is 12.8. The van der Waals surface area contributed by atoms with Crippen LogP contribution in [0.15, 0.2) is 36.0 Å². The second kappa shape index (κ2) is 7.90. The smallest absolute Gasteiger partial charge is 0.340 e. The van der Waals surface area contributed by atoms with Crippen molar-refractivity contribution in [3.8, 4) is 6.07 Å². The fourth-order valence-corrected chi connectivity index (χ4v) is 5.13. The highest BCUT2D eigenvalue weighted by atomic mass is 16.5. The van der Waals surface area contributed by atoms with E-state index >= 15 is 0 Å². The van der Waals surface area contributed by atoms with Crippen LogP contribution >= 0.6 is 0 Å². The molecule has 1 N–H and O–H groups in total. The van der Waals surface area contributed by atoms with E-state index in [1.165, 1.54) is 0 Å². The van der Waals surface area contributed by atoms with E-state index in [-0.39, 0.29) is 28.6 Å². The van der Waals surface area contributed by atoms with Gasteiger partial charge in [0, 0.05) is 18.8 Å². The fraction of sp³-hybridized carbons (Fsp3) is 0.522. The number of nitrogens with one attached hydrogen (secondary N) is 1. The van der Waals surface area contributed by atoms with E-state index in [1.807, 2.05) is 6.07 Å². The van der Waals surface area contributed by atoms with Crippen LogP contribution in [0.5, 0.6) is 0 Å². The van der Waals surface area contributed by atoms with Gasteiger partial charge in [0.2, 0.25) is 0 Å². The highest BCUT2D eigenvalue weighted by molar-refractivity contribution is 6.09. The monoisotopic (exact) mass is 395 g/mol. The minimum absolute atomic E-state index is 0.0395. The quantitative estimate of drug-likeness (QED) is 0.461. The normalized spacial score (nSPS) is 25.3. The van der Waals surface area contributed by atoms with Crippen molar-refractivity contribution in [3.63, 3.8) is 0 Å². The van der Waals surface area contributed by atoms with Crippen molar-refractivity contribution in [1.29, 1.82) is 5.26 Å². The van der Waals surface area contributed by atoms with Gasteiger partial charge in [0.1, 0.15) is 11.6 Å². The van der Waals surface area contributed by atoms with Gasteiger partial charge in [-0.1, -0.05) is 32.9 Å². The molecule has 6 nitrogen and oxygen atoms in total. The first kappa shape index (κ1) is 20.9. The number of hydrogen-bond acceptors (Lipinski definition) is 5. The molecule has 1 aliphatic heterocycles. The van der Waals surface area contributed by atoms with Gasteiger partial charge in [0.15, 0.2) is 0 Å². The Morgan fingerprint density at radius 1 is 1.31 bits per heavy atom. The summed E-state index contributed by atoms with van der Waals surface area (Å²) in [6.45, 7) is 9.68. The summed E-state index contributed by atoms with van der Waals surface area (Å²) in [5.74, 6) is -1.02. The lowest BCUT2D eigenvalue weighted by molar-refractivity contribution is -0.112. The molecule has 2 bridgehead atoms. The molecule has 2 unspecified atom stereocenters. The van der Waals surface area contributed by atoms with Crippen LogP contribution < -0.4 is 5.32 Å². The van der Waals surface area contributed by atoms with E-state index in [9.17, 15) is 14.9 Å². The number of esters is 1. The van der Waals surface area contributed by atoms with E-state index in [1.54, 1.807) is 37.4 Å². The largest absolute Gasteiger partial charge is 0.462 e. The summed E-state index contributed by atoms with van der Waals surface area (Å²) >= 11 is 0. The molecule has 1 aromatic carbocycles. The first-order valence-corrected chi connectivity index (χ1v) is 10.1. The standard InChI is InChI=1S/C23H29N3O3/c1-5-29-21(28)18-8-6-7-9-19(18)25-20(27)16(12-24)13-26-15-23(4)11-17(26)10-22(2,3)14-23/h6-9,13,17H,5,10-11,14-15H2,1-4H3,(H,25,27)/b16-13-. The molecule has 0 aromatic heterocycles. The highest BCUT2D eigenvalue weighted by Gasteiger charge is 2.48. The first-order valence-electron chi connectivity index (χ1n) is 10.1. The number of carbonyl (C=O) groups excluding carboxylic acids is 2. The molecule has 1 saturated heterocycles. The summed E-state index contributed by atoms with van der Waals surface area (Å²) in [6, 6.07) is 9.02. The van der Waals surface area contributed by atoms with Gasteiger partial charge in [-0.15, -0.1) is 0 Å². The van der Waals surface area contributed by atoms with E-state index in [4.69, 9.17) is 4.74 Å². The van der Waals surface area contributed by atoms with Crippen LogP contribution in [0, 0.1) is 22.2 Å². The van der Waals surface area contributed by atoms with Crippen LogP contribution in [0.2, 0.25) is 0 Å². The Bertz CT molecular complexity index is 884. The molecule has 6 heteroatoms. The number of hydrogen-bond donors (Lipinski definition) is 1. The average molecular weight is 396 g/mol. The minimum Gasteiger partial charge on any atom is -0.462 e. The number of benzene rings is 1. The number of likely N-dealkylation sites (tertiary alicyclic amines) is 1. The minimum atomic E-state index is -0.518. The zero-order chi connectivity index (χ0) is 21.2. The van der Waals surface area contributed by atoms with Crippen molar-refractivity contribution in [2.45, 2.75) is 53.0 Å². The van der Waals surface area contributed by atoms with E-state index in [0.717, 1.165) is 25.8 Å². The van der Waals surface area contributed by atoms with Crippen molar-refractivity contribution in [2.24, 2.45) is 10.8 Å². The van der Waals surface area contributed by atoms with Gasteiger partial charge in [-0.3, -0.25) is 4.79 Å². The van der Waals surface area contributed by atoms with Crippen molar-refractivity contribution in [2.75, 3.05) is 18.5 Å². The summed E-state index contributed by atoms with van der Waals surface area (Å²) in [5, 5.41) is 12.3. The summed E-state index contributed by atoms with van der Waals surface area (Å²) in [7, 11) is 0. The second-order valence-electron chi connectivity index (χ2n) is 9.26. The lowest BCUT2D eigenvalue weighted by Gasteiger charge is -2.39. The molecule has 1 amide bonds. The van der Waals surface area contributed by atoms with Crippen molar-refractivity contribution in [3.05, 3.63) is 41.6 Å². The number of rotatable bonds is 5. The lowest BCUT2D eigenvalue weighted by Crippen LogP contribution is -2.33. The number of nitrogens with zero attached hydrogens (tertiary/aromatic N) is 2. The van der Waals surface area contributed by atoms with Crippen LogP contribution in [0.3, 0.4) is 0 Å². The highest BCUT2D eigenvalue weighted by Crippen LogP contribution is 2.52. The van der Waals surface area contributed by atoms with Gasteiger partial charge in [0.25, 0.3) is 5.91 Å². The van der Waals surface area contributed by atoms with Crippen LogP contribution in [0.4, 0.5) is 5.69 Å². The summed E-state index contributed by atoms with van der Waals surface area (Å²) in [6.07, 6.45) is 4.96. The number of carbonyl (C=O) groups is 2. The topological polar surface area (TPSA) is 82.4 Å². The summed E-state index contributed by atoms with van der Waals surface area (Å²) < 4.78 is 5.04. The zero-order valence-electron chi connectivity index (χ0n) is 17.6. The molecule has 2 fully saturated rings. The summed E-state index contributed by atoms with van der Waals surface area (Å²) in [5.41, 5.74) is 1.11. The van der Waals surface area contributed by atoms with Gasteiger partial charge in [-0.2, -0.15) is 5.26 Å². The Kier molecular flexibility index (Phi) is 5.70. The SMILES string of the molecule is CCOC(=O)c1ccccc1NC(=O)/C(C#N)=C\N1CC2(C)CC1CC(C)(C)C2. The number of anilines is 1. The van der Waals surface area contributed by atoms with Crippen LogP contribution in [0.25, 0.3) is 0 Å². The van der Waals surface area contributed by atoms with E-state index < -0.39 is 11.9 Å². The third-order valence-electron chi connectivity index (χ3n) is 5.79. The third kappa shape index (κ3) is 4.61. The molecular formula is C23H29N3O3. The molecule has 1 aliphatic carbocycles. The van der Waals surface area contributed by atoms with Gasteiger partial charge in [0.05, 0.1) is 17.9 Å². The van der Waals surface area contributed by atoms with Crippen LogP contribution in [-0.4, -0.2) is 36.0 Å². The van der Waals surface area contributed by atoms with E-state index in [2.05, 4.69) is 31.0 Å². The number of amides is 1. The molecule has 2 atom stereocenters. The van der Waals surface area contributed by atoms with E-state index in [0.29, 0.717) is 11.7 Å². The van der Waals surface area contributed by atoms with Gasteiger partial charge in [-0.25, -0.2) is 4.79 Å². The Morgan fingerprint density at radius 3 is 2.72 bits per heavy atom. The Balaban J connectivity index is 1.79. The molecular weight excluding hydrogens is 366 g/mol. The van der Waals surface area contributed by atoms with Gasteiger partial charge >= 0.3 is 5.97 Å². The summed E-state index contributed by atoms with van der Waals surface area (Å²) in [4.78, 5) is 27.1. The number of fused-ring (bicyclic) bond motifs is 2. The molecule has 3 rings (SSSR count). The fourth-order valence-electron chi connectivity index (χ4n) is 5.13. The molecule has 1 heterocycles. The molecule has 0 radical (unpaired) electrons. The predicted octanol–water partition coefficient (Wildman–Crippen LogP) is 4.11. The lowest BCUT2D eigenvalue weighted by atomic mass is 9.65.